The second kappa shape index (κ2) is 3.76. The number of carbonyl (C=O) groups excluding carboxylic acids is 1. The minimum Gasteiger partial charge on any atom is -0.346 e. The Morgan fingerprint density at radius 3 is 2.54 bits per heavy atom. The summed E-state index contributed by atoms with van der Waals surface area (Å²) in [6.45, 7) is 8.97. The van der Waals surface area contributed by atoms with Crippen LogP contribution in [0.4, 0.5) is 0 Å². The fraction of sp³-hybridized carbons (Fsp3) is 0.900. The third kappa shape index (κ3) is 2.29. The number of hydrogen-bond donors (Lipinski definition) is 0. The van der Waals surface area contributed by atoms with Gasteiger partial charge in [-0.05, 0) is 5.92 Å². The van der Waals surface area contributed by atoms with Crippen molar-refractivity contribution in [3.63, 3.8) is 0 Å². The van der Waals surface area contributed by atoms with Gasteiger partial charge in [-0.25, -0.2) is 0 Å². The Hall–Kier alpha value is -0.410. The fourth-order valence-electron chi connectivity index (χ4n) is 1.88. The minimum atomic E-state index is -0.666. The lowest BCUT2D eigenvalue weighted by Crippen LogP contribution is -2.48. The molecule has 3 nitrogen and oxygen atoms in total. The van der Waals surface area contributed by atoms with E-state index in [1.165, 1.54) is 0 Å². The van der Waals surface area contributed by atoms with Crippen molar-refractivity contribution in [3.8, 4) is 0 Å². The van der Waals surface area contributed by atoms with E-state index in [4.69, 9.17) is 9.47 Å². The van der Waals surface area contributed by atoms with E-state index >= 15 is 0 Å². The standard InChI is InChI=1S/C10H18O3/c1-7(2)9-10(3,4)6-12-8(5-11)13-9/h5,7-9H,6H2,1-4H3. The molecule has 0 aromatic heterocycles. The van der Waals surface area contributed by atoms with E-state index in [0.29, 0.717) is 18.8 Å². The van der Waals surface area contributed by atoms with Crippen molar-refractivity contribution in [3.05, 3.63) is 0 Å². The van der Waals surface area contributed by atoms with Gasteiger partial charge in [-0.15, -0.1) is 0 Å². The van der Waals surface area contributed by atoms with Crippen molar-refractivity contribution in [1.29, 1.82) is 0 Å². The summed E-state index contributed by atoms with van der Waals surface area (Å²) in [5.74, 6) is 0.404. The topological polar surface area (TPSA) is 35.5 Å². The van der Waals surface area contributed by atoms with E-state index in [9.17, 15) is 4.79 Å². The Balaban J connectivity index is 2.69. The van der Waals surface area contributed by atoms with E-state index in [1.807, 2.05) is 0 Å². The Morgan fingerprint density at radius 1 is 1.46 bits per heavy atom. The van der Waals surface area contributed by atoms with Crippen LogP contribution in [0.2, 0.25) is 0 Å². The van der Waals surface area contributed by atoms with Crippen LogP contribution in [0.15, 0.2) is 0 Å². The maximum atomic E-state index is 10.5. The van der Waals surface area contributed by atoms with Crippen LogP contribution in [0.25, 0.3) is 0 Å². The quantitative estimate of drug-likeness (QED) is 0.615. The lowest BCUT2D eigenvalue weighted by molar-refractivity contribution is -0.253. The Kier molecular flexibility index (Phi) is 3.09. The largest absolute Gasteiger partial charge is 0.346 e. The molecule has 13 heavy (non-hydrogen) atoms. The maximum absolute atomic E-state index is 10.5. The molecule has 1 heterocycles. The van der Waals surface area contributed by atoms with Crippen LogP contribution in [0.5, 0.6) is 0 Å². The molecule has 0 aromatic carbocycles. The molecule has 1 saturated heterocycles. The summed E-state index contributed by atoms with van der Waals surface area (Å²) in [4.78, 5) is 10.5. The van der Waals surface area contributed by atoms with E-state index in [0.717, 1.165) is 0 Å². The van der Waals surface area contributed by atoms with E-state index in [1.54, 1.807) is 0 Å². The van der Waals surface area contributed by atoms with Crippen molar-refractivity contribution in [2.75, 3.05) is 6.61 Å². The maximum Gasteiger partial charge on any atom is 0.214 e. The van der Waals surface area contributed by atoms with Crippen molar-refractivity contribution in [2.24, 2.45) is 11.3 Å². The second-order valence-electron chi connectivity index (χ2n) is 4.60. The molecule has 2 atom stereocenters. The van der Waals surface area contributed by atoms with Gasteiger partial charge in [0.25, 0.3) is 0 Å². The molecule has 3 heteroatoms. The molecule has 0 aliphatic carbocycles. The normalized spacial score (nSPS) is 33.3. The molecule has 0 amide bonds. The summed E-state index contributed by atoms with van der Waals surface area (Å²) in [5.41, 5.74) is -0.00627. The van der Waals surface area contributed by atoms with Crippen LogP contribution in [-0.4, -0.2) is 25.3 Å². The van der Waals surface area contributed by atoms with Crippen molar-refractivity contribution < 1.29 is 14.3 Å². The molecule has 0 radical (unpaired) electrons. The first kappa shape index (κ1) is 10.7. The van der Waals surface area contributed by atoms with E-state index in [2.05, 4.69) is 27.7 Å². The number of rotatable bonds is 2. The predicted octanol–water partition coefficient (Wildman–Crippen LogP) is 1.61. The zero-order valence-electron chi connectivity index (χ0n) is 8.74. The predicted molar refractivity (Wildman–Crippen MR) is 49.3 cm³/mol. The lowest BCUT2D eigenvalue weighted by Gasteiger charge is -2.42. The summed E-state index contributed by atoms with van der Waals surface area (Å²) in [7, 11) is 0. The summed E-state index contributed by atoms with van der Waals surface area (Å²) in [6.07, 6.45) is 0.141. The Labute approximate surface area is 79.4 Å². The zero-order chi connectivity index (χ0) is 10.1. The highest BCUT2D eigenvalue weighted by Crippen LogP contribution is 2.33. The Bertz CT molecular complexity index is 187. The van der Waals surface area contributed by atoms with Crippen LogP contribution in [0, 0.1) is 11.3 Å². The summed E-state index contributed by atoms with van der Waals surface area (Å²) < 4.78 is 10.8. The van der Waals surface area contributed by atoms with Crippen LogP contribution in [-0.2, 0) is 14.3 Å². The van der Waals surface area contributed by atoms with Gasteiger partial charge in [-0.1, -0.05) is 27.7 Å². The average molecular weight is 186 g/mol. The van der Waals surface area contributed by atoms with Gasteiger partial charge in [-0.2, -0.15) is 0 Å². The van der Waals surface area contributed by atoms with Gasteiger partial charge in [-0.3, -0.25) is 4.79 Å². The molecule has 0 N–H and O–H groups in total. The number of hydrogen-bond acceptors (Lipinski definition) is 3. The molecule has 0 saturated carbocycles. The molecule has 76 valence electrons. The summed E-state index contributed by atoms with van der Waals surface area (Å²) in [5, 5.41) is 0. The smallest absolute Gasteiger partial charge is 0.214 e. The molecule has 2 unspecified atom stereocenters. The molecule has 1 rings (SSSR count). The van der Waals surface area contributed by atoms with Gasteiger partial charge in [0.1, 0.15) is 0 Å². The molecular weight excluding hydrogens is 168 g/mol. The molecule has 0 spiro atoms. The molecule has 1 aliphatic rings. The van der Waals surface area contributed by atoms with Crippen LogP contribution < -0.4 is 0 Å². The molecule has 1 fully saturated rings. The third-order valence-electron chi connectivity index (χ3n) is 2.39. The number of ether oxygens (including phenoxy) is 2. The Morgan fingerprint density at radius 2 is 2.08 bits per heavy atom. The highest BCUT2D eigenvalue weighted by molar-refractivity contribution is 5.54. The minimum absolute atomic E-state index is 0.00627. The highest BCUT2D eigenvalue weighted by Gasteiger charge is 2.39. The molecule has 0 bridgehead atoms. The zero-order valence-corrected chi connectivity index (χ0v) is 8.74. The van der Waals surface area contributed by atoms with Gasteiger partial charge >= 0.3 is 0 Å². The monoisotopic (exact) mass is 186 g/mol. The second-order valence-corrected chi connectivity index (χ2v) is 4.60. The first-order valence-corrected chi connectivity index (χ1v) is 4.70. The average Bonchev–Trinajstić information content (AvgIpc) is 2.03. The molecule has 1 aliphatic heterocycles. The third-order valence-corrected chi connectivity index (χ3v) is 2.39. The van der Waals surface area contributed by atoms with Gasteiger partial charge in [0.2, 0.25) is 6.29 Å². The number of carbonyl (C=O) groups is 1. The lowest BCUT2D eigenvalue weighted by atomic mass is 9.80. The number of aldehydes is 1. The summed E-state index contributed by atoms with van der Waals surface area (Å²) >= 11 is 0. The van der Waals surface area contributed by atoms with E-state index < -0.39 is 6.29 Å². The first-order chi connectivity index (χ1) is 5.97. The van der Waals surface area contributed by atoms with Crippen molar-refractivity contribution in [1.82, 2.24) is 0 Å². The van der Waals surface area contributed by atoms with Crippen LogP contribution in [0.3, 0.4) is 0 Å². The highest BCUT2D eigenvalue weighted by atomic mass is 16.7. The van der Waals surface area contributed by atoms with Gasteiger partial charge in [0, 0.05) is 5.41 Å². The SMILES string of the molecule is CC(C)C1OC(C=O)OCC1(C)C. The summed E-state index contributed by atoms with van der Waals surface area (Å²) in [6, 6.07) is 0. The van der Waals surface area contributed by atoms with Crippen LogP contribution >= 0.6 is 0 Å². The van der Waals surface area contributed by atoms with Crippen molar-refractivity contribution >= 4 is 6.29 Å². The van der Waals surface area contributed by atoms with Crippen molar-refractivity contribution in [2.45, 2.75) is 40.1 Å². The van der Waals surface area contributed by atoms with E-state index in [-0.39, 0.29) is 11.5 Å². The van der Waals surface area contributed by atoms with Gasteiger partial charge in [0.15, 0.2) is 6.29 Å². The first-order valence-electron chi connectivity index (χ1n) is 4.70. The molecule has 0 aromatic rings. The molecular formula is C10H18O3. The van der Waals surface area contributed by atoms with Gasteiger partial charge < -0.3 is 9.47 Å². The van der Waals surface area contributed by atoms with Gasteiger partial charge in [0.05, 0.1) is 12.7 Å². The van der Waals surface area contributed by atoms with Crippen LogP contribution in [0.1, 0.15) is 27.7 Å². The fourth-order valence-corrected chi connectivity index (χ4v) is 1.88.